The van der Waals surface area contributed by atoms with Gasteiger partial charge in [-0.05, 0) is 40.4 Å². The molecule has 0 spiro atoms. The molecule has 0 radical (unpaired) electrons. The van der Waals surface area contributed by atoms with Crippen LogP contribution in [-0.4, -0.2) is 33.0 Å². The Bertz CT molecular complexity index is 676. The van der Waals surface area contributed by atoms with Gasteiger partial charge in [-0.15, -0.1) is 0 Å². The average Bonchev–Trinajstić information content (AvgIpc) is 3.06. The number of hydrogen-bond acceptors (Lipinski definition) is 3. The molecule has 0 unspecified atom stereocenters. The van der Waals surface area contributed by atoms with E-state index in [0.717, 1.165) is 17.5 Å². The molecule has 1 aliphatic carbocycles. The van der Waals surface area contributed by atoms with Crippen LogP contribution in [0.2, 0.25) is 10.0 Å². The maximum atomic E-state index is 9.61. The van der Waals surface area contributed by atoms with Crippen LogP contribution < -0.4 is 0 Å². The highest BCUT2D eigenvalue weighted by Crippen LogP contribution is 2.53. The summed E-state index contributed by atoms with van der Waals surface area (Å²) >= 11 is 15.5. The second kappa shape index (κ2) is 5.14. The Balaban J connectivity index is 2.03. The SMILES string of the molecule is OC[C@H]1C[C@]1(CO)Cn1c(Br)nc2cc(Cl)c(Cl)cc21. The largest absolute Gasteiger partial charge is 0.396 e. The number of aliphatic hydroxyl groups excluding tert-OH is 2. The van der Waals surface area contributed by atoms with Gasteiger partial charge in [-0.25, -0.2) is 4.98 Å². The van der Waals surface area contributed by atoms with E-state index in [1.54, 1.807) is 12.1 Å². The molecule has 3 rings (SSSR count). The van der Waals surface area contributed by atoms with E-state index >= 15 is 0 Å². The van der Waals surface area contributed by atoms with Crippen molar-refractivity contribution in [1.82, 2.24) is 9.55 Å². The summed E-state index contributed by atoms with van der Waals surface area (Å²) in [5.41, 5.74) is 1.35. The zero-order valence-electron chi connectivity index (χ0n) is 10.5. The lowest BCUT2D eigenvalue weighted by atomic mass is 10.1. The molecule has 0 amide bonds. The molecule has 7 heteroatoms. The highest BCUT2D eigenvalue weighted by atomic mass is 79.9. The standard InChI is InChI=1S/C13H13BrCl2N2O2/c14-12-17-10-1-8(15)9(16)2-11(10)18(12)5-13(6-20)3-7(13)4-19/h1-2,7,19-20H,3-6H2/t7-,13-/m1/s1. The number of halogens is 3. The minimum absolute atomic E-state index is 0.0473. The van der Waals surface area contributed by atoms with Gasteiger partial charge in [0.05, 0.1) is 27.7 Å². The lowest BCUT2D eigenvalue weighted by Crippen LogP contribution is -2.19. The fraction of sp³-hybridized carbons (Fsp3) is 0.462. The number of aromatic nitrogens is 2. The van der Waals surface area contributed by atoms with E-state index in [1.807, 2.05) is 4.57 Å². The van der Waals surface area contributed by atoms with Crippen LogP contribution in [0.4, 0.5) is 0 Å². The van der Waals surface area contributed by atoms with Gasteiger partial charge in [-0.2, -0.15) is 0 Å². The number of benzene rings is 1. The molecule has 0 bridgehead atoms. The Kier molecular flexibility index (Phi) is 3.75. The van der Waals surface area contributed by atoms with Crippen molar-refractivity contribution < 1.29 is 10.2 Å². The number of hydrogen-bond donors (Lipinski definition) is 2. The first-order valence-electron chi connectivity index (χ1n) is 6.23. The topological polar surface area (TPSA) is 58.3 Å². The van der Waals surface area contributed by atoms with Gasteiger partial charge in [0, 0.05) is 18.6 Å². The van der Waals surface area contributed by atoms with Gasteiger partial charge in [0.2, 0.25) is 0 Å². The van der Waals surface area contributed by atoms with Crippen LogP contribution >= 0.6 is 39.1 Å². The summed E-state index contributed by atoms with van der Waals surface area (Å²) in [6.07, 6.45) is 0.813. The molecule has 1 saturated carbocycles. The van der Waals surface area contributed by atoms with Gasteiger partial charge in [0.15, 0.2) is 4.73 Å². The Hall–Kier alpha value is -0.330. The molecular weight excluding hydrogens is 367 g/mol. The summed E-state index contributed by atoms with van der Waals surface area (Å²) in [5, 5.41) is 19.8. The first-order valence-corrected chi connectivity index (χ1v) is 7.78. The first kappa shape index (κ1) is 14.6. The summed E-state index contributed by atoms with van der Waals surface area (Å²) < 4.78 is 2.63. The molecule has 2 N–H and O–H groups in total. The predicted octanol–water partition coefficient (Wildman–Crippen LogP) is 3.10. The van der Waals surface area contributed by atoms with Crippen LogP contribution in [0, 0.1) is 11.3 Å². The molecule has 1 heterocycles. The summed E-state index contributed by atoms with van der Waals surface area (Å²) in [7, 11) is 0. The number of fused-ring (bicyclic) bond motifs is 1. The Morgan fingerprint density at radius 3 is 2.65 bits per heavy atom. The van der Waals surface area contributed by atoms with Crippen molar-refractivity contribution in [2.75, 3.05) is 13.2 Å². The molecule has 108 valence electrons. The van der Waals surface area contributed by atoms with Gasteiger partial charge in [-0.3, -0.25) is 0 Å². The van der Waals surface area contributed by atoms with Crippen molar-refractivity contribution in [2.24, 2.45) is 11.3 Å². The third-order valence-corrected chi connectivity index (χ3v) is 5.44. The summed E-state index contributed by atoms with van der Waals surface area (Å²) in [6.45, 7) is 0.729. The second-order valence-electron chi connectivity index (χ2n) is 5.33. The zero-order valence-corrected chi connectivity index (χ0v) is 13.6. The third-order valence-electron chi connectivity index (χ3n) is 4.11. The lowest BCUT2D eigenvalue weighted by molar-refractivity contribution is 0.158. The zero-order chi connectivity index (χ0) is 14.5. The highest BCUT2D eigenvalue weighted by Gasteiger charge is 2.53. The quantitative estimate of drug-likeness (QED) is 0.858. The fourth-order valence-corrected chi connectivity index (χ4v) is 3.51. The predicted molar refractivity (Wildman–Crippen MR) is 82.2 cm³/mol. The van der Waals surface area contributed by atoms with E-state index in [4.69, 9.17) is 23.2 Å². The molecule has 1 aromatic carbocycles. The van der Waals surface area contributed by atoms with Gasteiger partial charge < -0.3 is 14.8 Å². The Morgan fingerprint density at radius 1 is 1.35 bits per heavy atom. The molecule has 1 fully saturated rings. The van der Waals surface area contributed by atoms with Gasteiger partial charge in [0.1, 0.15) is 0 Å². The smallest absolute Gasteiger partial charge is 0.178 e. The van der Waals surface area contributed by atoms with Crippen molar-refractivity contribution in [3.63, 3.8) is 0 Å². The lowest BCUT2D eigenvalue weighted by Gasteiger charge is -2.16. The van der Waals surface area contributed by atoms with Crippen molar-refractivity contribution in [1.29, 1.82) is 0 Å². The average molecular weight is 380 g/mol. The number of aliphatic hydroxyl groups is 2. The third kappa shape index (κ3) is 2.25. The van der Waals surface area contributed by atoms with Crippen LogP contribution in [0.25, 0.3) is 11.0 Å². The van der Waals surface area contributed by atoms with Crippen molar-refractivity contribution >= 4 is 50.2 Å². The molecule has 4 nitrogen and oxygen atoms in total. The molecule has 1 aromatic heterocycles. The molecule has 0 aliphatic heterocycles. The molecule has 0 saturated heterocycles. The second-order valence-corrected chi connectivity index (χ2v) is 6.85. The van der Waals surface area contributed by atoms with Crippen molar-refractivity contribution in [3.05, 3.63) is 26.9 Å². The van der Waals surface area contributed by atoms with E-state index in [0.29, 0.717) is 21.3 Å². The fourth-order valence-electron chi connectivity index (χ4n) is 2.68. The van der Waals surface area contributed by atoms with Crippen molar-refractivity contribution in [2.45, 2.75) is 13.0 Å². The summed E-state index contributed by atoms with van der Waals surface area (Å²) in [6, 6.07) is 3.50. The van der Waals surface area contributed by atoms with Gasteiger partial charge >= 0.3 is 0 Å². The maximum Gasteiger partial charge on any atom is 0.178 e. The molecule has 20 heavy (non-hydrogen) atoms. The summed E-state index contributed by atoms with van der Waals surface area (Å²) in [4.78, 5) is 4.40. The Labute approximate surface area is 134 Å². The van der Waals surface area contributed by atoms with Crippen LogP contribution in [0.1, 0.15) is 6.42 Å². The van der Waals surface area contributed by atoms with Crippen molar-refractivity contribution in [3.8, 4) is 0 Å². The molecule has 2 aromatic rings. The van der Waals surface area contributed by atoms with Crippen LogP contribution in [0.3, 0.4) is 0 Å². The molecule has 2 atom stereocenters. The van der Waals surface area contributed by atoms with E-state index in [2.05, 4.69) is 20.9 Å². The minimum atomic E-state index is -0.267. The normalized spacial score (nSPS) is 25.4. The van der Waals surface area contributed by atoms with Crippen LogP contribution in [-0.2, 0) is 6.54 Å². The van der Waals surface area contributed by atoms with Crippen LogP contribution in [0.5, 0.6) is 0 Å². The number of imidazole rings is 1. The number of rotatable bonds is 4. The monoisotopic (exact) mass is 378 g/mol. The summed E-state index contributed by atoms with van der Waals surface area (Å²) in [5.74, 6) is 0.139. The van der Waals surface area contributed by atoms with E-state index in [9.17, 15) is 10.2 Å². The van der Waals surface area contributed by atoms with E-state index < -0.39 is 0 Å². The first-order chi connectivity index (χ1) is 9.50. The highest BCUT2D eigenvalue weighted by molar-refractivity contribution is 9.10. The van der Waals surface area contributed by atoms with Crippen LogP contribution in [0.15, 0.2) is 16.9 Å². The molecular formula is C13H13BrCl2N2O2. The minimum Gasteiger partial charge on any atom is -0.396 e. The molecule has 1 aliphatic rings. The van der Waals surface area contributed by atoms with Gasteiger partial charge in [0.25, 0.3) is 0 Å². The Morgan fingerprint density at radius 2 is 2.05 bits per heavy atom. The van der Waals surface area contributed by atoms with Gasteiger partial charge in [-0.1, -0.05) is 23.2 Å². The van der Waals surface area contributed by atoms with E-state index in [1.165, 1.54) is 0 Å². The maximum absolute atomic E-state index is 9.61. The number of nitrogens with zero attached hydrogens (tertiary/aromatic N) is 2. The van der Waals surface area contributed by atoms with E-state index in [-0.39, 0.29) is 24.5 Å².